The van der Waals surface area contributed by atoms with Crippen molar-refractivity contribution >= 4 is 40.8 Å². The van der Waals surface area contributed by atoms with E-state index in [1.54, 1.807) is 37.5 Å². The zero-order chi connectivity index (χ0) is 23.7. The Bertz CT molecular complexity index is 1030. The maximum Gasteiger partial charge on any atom is 0.416 e. The highest BCUT2D eigenvalue weighted by atomic mass is 32.1. The van der Waals surface area contributed by atoms with Gasteiger partial charge in [0.15, 0.2) is 0 Å². The average molecular weight is 463 g/mol. The van der Waals surface area contributed by atoms with Crippen LogP contribution < -0.4 is 11.1 Å². The molecule has 0 fully saturated rings. The summed E-state index contributed by atoms with van der Waals surface area (Å²) in [5, 5.41) is 9.60. The predicted octanol–water partition coefficient (Wildman–Crippen LogP) is 4.68. The number of nitrogens with two attached hydrogens (primary N) is 1. The number of nitrogens with one attached hydrogen (secondary N) is 1. The molecule has 170 valence electrons. The van der Waals surface area contributed by atoms with Gasteiger partial charge in [0, 0.05) is 32.5 Å². The maximum absolute atomic E-state index is 13.0. The summed E-state index contributed by atoms with van der Waals surface area (Å²) in [6, 6.07) is 8.81. The second kappa shape index (κ2) is 11.3. The number of nitrogen functional groups attached to an aromatic ring is 1. The Morgan fingerprint density at radius 2 is 2.00 bits per heavy atom. The van der Waals surface area contributed by atoms with Gasteiger partial charge in [-0.25, -0.2) is 0 Å². The van der Waals surface area contributed by atoms with Crippen LogP contribution in [0, 0.1) is 0 Å². The first-order valence-corrected chi connectivity index (χ1v) is 10.3. The van der Waals surface area contributed by atoms with Crippen molar-refractivity contribution < 1.29 is 13.2 Å². The molecule has 0 saturated carbocycles. The van der Waals surface area contributed by atoms with Crippen molar-refractivity contribution in [2.45, 2.75) is 12.6 Å². The molecular weight excluding hydrogens is 437 g/mol. The molecule has 2 rings (SSSR count). The molecule has 2 aromatic rings. The van der Waals surface area contributed by atoms with E-state index in [1.165, 1.54) is 23.6 Å². The van der Waals surface area contributed by atoms with E-state index in [1.807, 2.05) is 6.07 Å². The number of anilines is 1. The topological polar surface area (TPSA) is 78.4 Å². The molecule has 1 aromatic heterocycles. The van der Waals surface area contributed by atoms with E-state index in [0.717, 1.165) is 17.0 Å². The van der Waals surface area contributed by atoms with Crippen LogP contribution in [0.2, 0.25) is 0 Å². The summed E-state index contributed by atoms with van der Waals surface area (Å²) in [4.78, 5) is 9.18. The number of halogens is 3. The van der Waals surface area contributed by atoms with Gasteiger partial charge in [-0.1, -0.05) is 24.8 Å². The third-order valence-electron chi connectivity index (χ3n) is 4.05. The van der Waals surface area contributed by atoms with Crippen LogP contribution >= 0.6 is 11.3 Å². The Labute approximate surface area is 189 Å². The fraction of sp³-hybridized carbons (Fsp3) is 0.227. The smallest absolute Gasteiger partial charge is 0.391 e. The second-order valence-corrected chi connectivity index (χ2v) is 7.96. The van der Waals surface area contributed by atoms with Crippen molar-refractivity contribution in [3.8, 4) is 0 Å². The molecule has 0 aliphatic heterocycles. The molecule has 6 nitrogen and oxygen atoms in total. The Morgan fingerprint density at radius 3 is 2.59 bits per heavy atom. The van der Waals surface area contributed by atoms with Crippen molar-refractivity contribution in [2.75, 3.05) is 26.4 Å². The van der Waals surface area contributed by atoms with Gasteiger partial charge in [0.25, 0.3) is 0 Å². The minimum atomic E-state index is -4.39. The van der Waals surface area contributed by atoms with Gasteiger partial charge in [0.1, 0.15) is 5.84 Å². The Kier molecular flexibility index (Phi) is 8.77. The number of benzene rings is 1. The van der Waals surface area contributed by atoms with Gasteiger partial charge >= 0.3 is 6.18 Å². The largest absolute Gasteiger partial charge is 0.416 e. The molecule has 0 amide bonds. The third kappa shape index (κ3) is 7.69. The summed E-state index contributed by atoms with van der Waals surface area (Å²) in [5.41, 5.74) is 6.74. The second-order valence-electron chi connectivity index (χ2n) is 6.84. The molecule has 0 aliphatic carbocycles. The number of hydrogen-bond donors (Lipinski definition) is 2. The van der Waals surface area contributed by atoms with Gasteiger partial charge in [-0.05, 0) is 36.9 Å². The van der Waals surface area contributed by atoms with E-state index in [0.29, 0.717) is 34.1 Å². The Morgan fingerprint density at radius 1 is 1.25 bits per heavy atom. The highest BCUT2D eigenvalue weighted by Gasteiger charge is 2.30. The third-order valence-corrected chi connectivity index (χ3v) is 5.02. The number of rotatable bonds is 9. The number of aliphatic imine (C=N–C) groups is 2. The number of hydrazone groups is 1. The molecule has 0 atom stereocenters. The highest BCUT2D eigenvalue weighted by molar-refractivity contribution is 7.16. The highest BCUT2D eigenvalue weighted by Crippen LogP contribution is 2.29. The van der Waals surface area contributed by atoms with Crippen molar-refractivity contribution in [3.05, 3.63) is 70.8 Å². The number of thiophene rings is 1. The van der Waals surface area contributed by atoms with Crippen molar-refractivity contribution in [2.24, 2.45) is 15.1 Å². The molecule has 1 heterocycles. The minimum absolute atomic E-state index is 0.230. The van der Waals surface area contributed by atoms with Crippen LogP contribution in [0.25, 0.3) is 5.70 Å². The van der Waals surface area contributed by atoms with E-state index in [9.17, 15) is 13.2 Å². The lowest BCUT2D eigenvalue weighted by atomic mass is 10.1. The summed E-state index contributed by atoms with van der Waals surface area (Å²) < 4.78 is 38.9. The lowest BCUT2D eigenvalue weighted by Gasteiger charge is -2.13. The van der Waals surface area contributed by atoms with Crippen LogP contribution in [0.15, 0.2) is 69.8 Å². The molecule has 1 aromatic carbocycles. The zero-order valence-electron chi connectivity index (χ0n) is 17.9. The summed E-state index contributed by atoms with van der Waals surface area (Å²) in [5.74, 6) is 0.409. The average Bonchev–Trinajstić information content (AvgIpc) is 3.16. The molecule has 10 heteroatoms. The van der Waals surface area contributed by atoms with Crippen LogP contribution in [0.1, 0.15) is 16.0 Å². The molecule has 32 heavy (non-hydrogen) atoms. The van der Waals surface area contributed by atoms with Gasteiger partial charge in [-0.3, -0.25) is 9.98 Å². The summed E-state index contributed by atoms with van der Waals surface area (Å²) in [7, 11) is 3.53. The number of nitrogens with zero attached hydrogens (tertiary/aromatic N) is 4. The van der Waals surface area contributed by atoms with Gasteiger partial charge in [-0.2, -0.15) is 18.3 Å². The van der Waals surface area contributed by atoms with E-state index in [2.05, 4.69) is 33.7 Å². The zero-order valence-corrected chi connectivity index (χ0v) is 18.7. The summed E-state index contributed by atoms with van der Waals surface area (Å²) >= 11 is 1.36. The monoisotopic (exact) mass is 462 g/mol. The molecule has 0 aliphatic rings. The fourth-order valence-electron chi connectivity index (χ4n) is 2.55. The summed E-state index contributed by atoms with van der Waals surface area (Å²) in [6.07, 6.45) is -1.03. The van der Waals surface area contributed by atoms with Crippen molar-refractivity contribution in [3.63, 3.8) is 0 Å². The first-order chi connectivity index (χ1) is 15.1. The SMILES string of the molecule is C=N/C=C(/C=N\N(C)C)C(=NCCc1cccc(C(F)(F)F)c1)NC(=C)c1ccc(N)s1. The normalized spacial score (nSPS) is 12.8. The number of amidine groups is 1. The standard InChI is InChI=1S/C22H25F3N6S/c1-15(19-8-9-20(26)32-19)30-21(17(13-27-2)14-29-31(3)4)28-11-10-16-6-5-7-18(12-16)22(23,24)25/h5-9,12-14H,1-2,10-11,26H2,3-4H3,(H,28,30)/b17-13-,29-14-. The van der Waals surface area contributed by atoms with E-state index in [4.69, 9.17) is 5.73 Å². The Hall–Kier alpha value is -3.40. The van der Waals surface area contributed by atoms with Crippen LogP contribution in [0.4, 0.5) is 18.2 Å². The quantitative estimate of drug-likeness (QED) is 0.323. The first-order valence-electron chi connectivity index (χ1n) is 9.50. The van der Waals surface area contributed by atoms with Crippen LogP contribution in [0.3, 0.4) is 0 Å². The fourth-order valence-corrected chi connectivity index (χ4v) is 3.25. The molecule has 0 bridgehead atoms. The van der Waals surface area contributed by atoms with Crippen LogP contribution in [0.5, 0.6) is 0 Å². The molecule has 0 spiro atoms. The Balaban J connectivity index is 2.28. The van der Waals surface area contributed by atoms with Gasteiger partial charge in [0.05, 0.1) is 27.2 Å². The number of hydrogen-bond acceptors (Lipinski definition) is 6. The summed E-state index contributed by atoms with van der Waals surface area (Å²) in [6.45, 7) is 7.74. The lowest BCUT2D eigenvalue weighted by Crippen LogP contribution is -2.25. The van der Waals surface area contributed by atoms with Gasteiger partial charge in [-0.15, -0.1) is 11.3 Å². The first kappa shape index (κ1) is 24.9. The molecule has 0 unspecified atom stereocenters. The van der Waals surface area contributed by atoms with Crippen molar-refractivity contribution in [1.82, 2.24) is 10.3 Å². The van der Waals surface area contributed by atoms with E-state index < -0.39 is 11.7 Å². The van der Waals surface area contributed by atoms with E-state index in [-0.39, 0.29) is 6.54 Å². The molecule has 0 saturated heterocycles. The number of alkyl halides is 3. The molecule has 3 N–H and O–H groups in total. The minimum Gasteiger partial charge on any atom is -0.391 e. The van der Waals surface area contributed by atoms with Crippen LogP contribution in [-0.2, 0) is 12.6 Å². The molecule has 0 radical (unpaired) electrons. The van der Waals surface area contributed by atoms with Crippen LogP contribution in [-0.4, -0.2) is 44.4 Å². The van der Waals surface area contributed by atoms with E-state index >= 15 is 0 Å². The van der Waals surface area contributed by atoms with Gasteiger partial charge < -0.3 is 16.1 Å². The predicted molar refractivity (Wildman–Crippen MR) is 128 cm³/mol. The maximum atomic E-state index is 13.0. The van der Waals surface area contributed by atoms with Gasteiger partial charge in [0.2, 0.25) is 0 Å². The lowest BCUT2D eigenvalue weighted by molar-refractivity contribution is -0.137. The van der Waals surface area contributed by atoms with Crippen molar-refractivity contribution in [1.29, 1.82) is 0 Å². The molecular formula is C22H25F3N6S.